The molecule has 1 saturated heterocycles. The van der Waals surface area contributed by atoms with Crippen molar-refractivity contribution in [3.63, 3.8) is 0 Å². The molecule has 1 aromatic rings. The SMILES string of the molecule is CCc1ccc(C(CN2CCCCC2)NC)cc1. The van der Waals surface area contributed by atoms with E-state index >= 15 is 0 Å². The van der Waals surface area contributed by atoms with Crippen LogP contribution in [0, 0.1) is 0 Å². The van der Waals surface area contributed by atoms with Crippen molar-refractivity contribution in [1.82, 2.24) is 10.2 Å². The summed E-state index contributed by atoms with van der Waals surface area (Å²) in [5.41, 5.74) is 2.84. The molecule has 1 fully saturated rings. The standard InChI is InChI=1S/C16H26N2/c1-3-14-7-9-15(10-8-14)16(17-2)13-18-11-5-4-6-12-18/h7-10,16-17H,3-6,11-13H2,1-2H3. The molecule has 0 aromatic heterocycles. The van der Waals surface area contributed by atoms with Gasteiger partial charge in [-0.2, -0.15) is 0 Å². The highest BCUT2D eigenvalue weighted by Crippen LogP contribution is 2.18. The fraction of sp³-hybridized carbons (Fsp3) is 0.625. The van der Waals surface area contributed by atoms with E-state index in [0.29, 0.717) is 6.04 Å². The summed E-state index contributed by atoms with van der Waals surface area (Å²) in [4.78, 5) is 2.60. The van der Waals surface area contributed by atoms with Gasteiger partial charge in [0.05, 0.1) is 0 Å². The summed E-state index contributed by atoms with van der Waals surface area (Å²) in [6, 6.07) is 9.55. The number of rotatable bonds is 5. The molecule has 0 amide bonds. The van der Waals surface area contributed by atoms with E-state index < -0.39 is 0 Å². The first-order valence-electron chi connectivity index (χ1n) is 7.32. The van der Waals surface area contributed by atoms with Gasteiger partial charge in [0.2, 0.25) is 0 Å². The van der Waals surface area contributed by atoms with Crippen molar-refractivity contribution in [2.75, 3.05) is 26.7 Å². The van der Waals surface area contributed by atoms with Crippen molar-refractivity contribution < 1.29 is 0 Å². The molecule has 0 radical (unpaired) electrons. The number of nitrogens with one attached hydrogen (secondary N) is 1. The summed E-state index contributed by atoms with van der Waals surface area (Å²) in [6.45, 7) is 5.89. The number of hydrogen-bond donors (Lipinski definition) is 1. The second-order valence-electron chi connectivity index (χ2n) is 5.30. The maximum atomic E-state index is 3.46. The van der Waals surface area contributed by atoms with Crippen molar-refractivity contribution in [3.8, 4) is 0 Å². The highest BCUT2D eigenvalue weighted by molar-refractivity contribution is 5.25. The zero-order valence-electron chi connectivity index (χ0n) is 11.8. The van der Waals surface area contributed by atoms with E-state index in [2.05, 4.69) is 48.5 Å². The van der Waals surface area contributed by atoms with Crippen LogP contribution < -0.4 is 5.32 Å². The third-order valence-corrected chi connectivity index (χ3v) is 4.03. The summed E-state index contributed by atoms with van der Waals surface area (Å²) < 4.78 is 0. The molecule has 18 heavy (non-hydrogen) atoms. The van der Waals surface area contributed by atoms with Gasteiger partial charge < -0.3 is 10.2 Å². The van der Waals surface area contributed by atoms with E-state index in [-0.39, 0.29) is 0 Å². The average Bonchev–Trinajstić information content (AvgIpc) is 2.46. The van der Waals surface area contributed by atoms with Gasteiger partial charge in [-0.25, -0.2) is 0 Å². The van der Waals surface area contributed by atoms with Crippen LogP contribution in [0.2, 0.25) is 0 Å². The van der Waals surface area contributed by atoms with Gasteiger partial charge in [0, 0.05) is 12.6 Å². The third-order valence-electron chi connectivity index (χ3n) is 4.03. The van der Waals surface area contributed by atoms with Gasteiger partial charge in [0.1, 0.15) is 0 Å². The summed E-state index contributed by atoms with van der Waals surface area (Å²) in [5.74, 6) is 0. The molecule has 0 saturated carbocycles. The van der Waals surface area contributed by atoms with Crippen LogP contribution in [0.15, 0.2) is 24.3 Å². The lowest BCUT2D eigenvalue weighted by atomic mass is 10.0. The Bertz CT molecular complexity index is 339. The Morgan fingerprint density at radius 2 is 1.78 bits per heavy atom. The number of hydrogen-bond acceptors (Lipinski definition) is 2. The van der Waals surface area contributed by atoms with Crippen LogP contribution in [-0.2, 0) is 6.42 Å². The van der Waals surface area contributed by atoms with Crippen molar-refractivity contribution in [2.24, 2.45) is 0 Å². The second kappa shape index (κ2) is 6.91. The van der Waals surface area contributed by atoms with Gasteiger partial charge >= 0.3 is 0 Å². The van der Waals surface area contributed by atoms with E-state index in [4.69, 9.17) is 0 Å². The van der Waals surface area contributed by atoms with Crippen LogP contribution in [0.5, 0.6) is 0 Å². The smallest absolute Gasteiger partial charge is 0.0446 e. The summed E-state index contributed by atoms with van der Waals surface area (Å²) in [7, 11) is 2.07. The minimum absolute atomic E-state index is 0.467. The predicted octanol–water partition coefficient (Wildman–Crippen LogP) is 3.00. The molecule has 0 spiro atoms. The average molecular weight is 246 g/mol. The molecule has 100 valence electrons. The van der Waals surface area contributed by atoms with Crippen LogP contribution in [0.3, 0.4) is 0 Å². The Labute approximate surface area is 111 Å². The van der Waals surface area contributed by atoms with Crippen LogP contribution >= 0.6 is 0 Å². The lowest BCUT2D eigenvalue weighted by Gasteiger charge is -2.30. The topological polar surface area (TPSA) is 15.3 Å². The molecule has 1 atom stereocenters. The Morgan fingerprint density at radius 1 is 1.11 bits per heavy atom. The zero-order chi connectivity index (χ0) is 12.8. The number of likely N-dealkylation sites (N-methyl/N-ethyl adjacent to an activating group) is 1. The third kappa shape index (κ3) is 3.56. The van der Waals surface area contributed by atoms with Crippen LogP contribution in [-0.4, -0.2) is 31.6 Å². The Balaban J connectivity index is 1.97. The Kier molecular flexibility index (Phi) is 5.21. The highest BCUT2D eigenvalue weighted by atomic mass is 15.1. The number of nitrogens with zero attached hydrogens (tertiary/aromatic N) is 1. The molecule has 1 aliphatic rings. The highest BCUT2D eigenvalue weighted by Gasteiger charge is 2.16. The van der Waals surface area contributed by atoms with E-state index in [9.17, 15) is 0 Å². The second-order valence-corrected chi connectivity index (χ2v) is 5.30. The first kappa shape index (κ1) is 13.6. The quantitative estimate of drug-likeness (QED) is 0.859. The fourth-order valence-electron chi connectivity index (χ4n) is 2.75. The Hall–Kier alpha value is -0.860. The van der Waals surface area contributed by atoms with E-state index in [1.54, 1.807) is 0 Å². The van der Waals surface area contributed by atoms with E-state index in [0.717, 1.165) is 13.0 Å². The van der Waals surface area contributed by atoms with Gasteiger partial charge in [-0.1, -0.05) is 37.6 Å². The minimum Gasteiger partial charge on any atom is -0.312 e. The molecule has 1 N–H and O–H groups in total. The van der Waals surface area contributed by atoms with Crippen molar-refractivity contribution in [1.29, 1.82) is 0 Å². The van der Waals surface area contributed by atoms with Crippen molar-refractivity contribution >= 4 is 0 Å². The van der Waals surface area contributed by atoms with Crippen molar-refractivity contribution in [2.45, 2.75) is 38.6 Å². The monoisotopic (exact) mass is 246 g/mol. The van der Waals surface area contributed by atoms with Gasteiger partial charge in [-0.15, -0.1) is 0 Å². The molecule has 0 bridgehead atoms. The Morgan fingerprint density at radius 3 is 2.33 bits per heavy atom. The van der Waals surface area contributed by atoms with E-state index in [1.165, 1.54) is 43.5 Å². The predicted molar refractivity (Wildman–Crippen MR) is 77.9 cm³/mol. The van der Waals surface area contributed by atoms with Gasteiger partial charge in [0.25, 0.3) is 0 Å². The van der Waals surface area contributed by atoms with Gasteiger partial charge in [0.15, 0.2) is 0 Å². The molecule has 2 rings (SSSR count). The van der Waals surface area contributed by atoms with E-state index in [1.807, 2.05) is 0 Å². The number of benzene rings is 1. The molecule has 2 heteroatoms. The van der Waals surface area contributed by atoms with Crippen molar-refractivity contribution in [3.05, 3.63) is 35.4 Å². The molecular weight excluding hydrogens is 220 g/mol. The number of likely N-dealkylation sites (tertiary alicyclic amines) is 1. The summed E-state index contributed by atoms with van der Waals surface area (Å²) in [5, 5.41) is 3.46. The normalized spacial score (nSPS) is 18.8. The number of piperidine rings is 1. The molecular formula is C16H26N2. The molecule has 0 aliphatic carbocycles. The number of aryl methyl sites for hydroxylation is 1. The summed E-state index contributed by atoms with van der Waals surface area (Å²) in [6.07, 6.45) is 5.26. The van der Waals surface area contributed by atoms with Crippen LogP contribution in [0.4, 0.5) is 0 Å². The lowest BCUT2D eigenvalue weighted by molar-refractivity contribution is 0.208. The van der Waals surface area contributed by atoms with Gasteiger partial charge in [-0.05, 0) is 50.5 Å². The largest absolute Gasteiger partial charge is 0.312 e. The molecule has 2 nitrogen and oxygen atoms in total. The molecule has 1 aromatic carbocycles. The maximum Gasteiger partial charge on any atom is 0.0446 e. The first-order valence-corrected chi connectivity index (χ1v) is 7.32. The maximum absolute atomic E-state index is 3.46. The lowest BCUT2D eigenvalue weighted by Crippen LogP contribution is -2.37. The fourth-order valence-corrected chi connectivity index (χ4v) is 2.75. The first-order chi connectivity index (χ1) is 8.83. The molecule has 1 unspecified atom stereocenters. The molecule has 1 aliphatic heterocycles. The zero-order valence-corrected chi connectivity index (χ0v) is 11.8. The van der Waals surface area contributed by atoms with Gasteiger partial charge in [-0.3, -0.25) is 0 Å². The van der Waals surface area contributed by atoms with Crippen LogP contribution in [0.1, 0.15) is 43.4 Å². The minimum atomic E-state index is 0.467. The molecule has 1 heterocycles. The van der Waals surface area contributed by atoms with Crippen LogP contribution in [0.25, 0.3) is 0 Å². The summed E-state index contributed by atoms with van der Waals surface area (Å²) >= 11 is 0.